The molecule has 7 nitrogen and oxygen atoms in total. The molecule has 4 atom stereocenters. The van der Waals surface area contributed by atoms with Gasteiger partial charge in [0.1, 0.15) is 17.6 Å². The van der Waals surface area contributed by atoms with Crippen LogP contribution in [0.5, 0.6) is 0 Å². The van der Waals surface area contributed by atoms with E-state index in [1.54, 1.807) is 6.92 Å². The van der Waals surface area contributed by atoms with Crippen molar-refractivity contribution < 1.29 is 28.2 Å². The average Bonchev–Trinajstić information content (AvgIpc) is 2.92. The standard InChI is InChI=1S/C16H27FN2O5SSi/c1-7-19(15(21)22)14-18-11-10(17)12(20)9(24-13(11)25-14)8-23-26(5,6)16(2,3)4/h9-11,13H,7-8H2,1-6H3,(H,21,22)/t9-,10-,11-,13-/m1/s1. The molecule has 2 aliphatic heterocycles. The van der Waals surface area contributed by atoms with Gasteiger partial charge in [-0.15, -0.1) is 0 Å². The van der Waals surface area contributed by atoms with Gasteiger partial charge in [0.05, 0.1) is 6.61 Å². The fraction of sp³-hybridized carbons (Fsp3) is 0.812. The van der Waals surface area contributed by atoms with Crippen molar-refractivity contribution in [2.75, 3.05) is 13.2 Å². The summed E-state index contributed by atoms with van der Waals surface area (Å²) in [5.74, 6) is -0.686. The second-order valence-electron chi connectivity index (χ2n) is 7.92. The molecule has 0 bridgehead atoms. The van der Waals surface area contributed by atoms with E-state index in [1.165, 1.54) is 0 Å². The van der Waals surface area contributed by atoms with Crippen molar-refractivity contribution in [3.05, 3.63) is 0 Å². The summed E-state index contributed by atoms with van der Waals surface area (Å²) in [4.78, 5) is 28.7. The number of carboxylic acid groups (broad SMARTS) is 1. The third-order valence-electron chi connectivity index (χ3n) is 5.13. The molecular weight excluding hydrogens is 379 g/mol. The second kappa shape index (κ2) is 7.57. The first-order valence-electron chi connectivity index (χ1n) is 8.61. The number of amidine groups is 1. The summed E-state index contributed by atoms with van der Waals surface area (Å²) in [7, 11) is -2.10. The molecule has 0 aromatic rings. The van der Waals surface area contributed by atoms with Crippen LogP contribution in [0.25, 0.3) is 0 Å². The van der Waals surface area contributed by atoms with Gasteiger partial charge in [0.25, 0.3) is 0 Å². The van der Waals surface area contributed by atoms with E-state index >= 15 is 0 Å². The Morgan fingerprint density at radius 3 is 2.58 bits per heavy atom. The molecule has 26 heavy (non-hydrogen) atoms. The third kappa shape index (κ3) is 4.13. The smallest absolute Gasteiger partial charge is 0.413 e. The molecule has 0 unspecified atom stereocenters. The highest BCUT2D eigenvalue weighted by atomic mass is 32.2. The summed E-state index contributed by atoms with van der Waals surface area (Å²) in [5, 5.41) is 9.33. The highest BCUT2D eigenvalue weighted by Crippen LogP contribution is 2.39. The summed E-state index contributed by atoms with van der Waals surface area (Å²) in [6.45, 7) is 12.2. The Kier molecular flexibility index (Phi) is 6.21. The minimum atomic E-state index is -2.10. The van der Waals surface area contributed by atoms with E-state index in [4.69, 9.17) is 9.16 Å². The van der Waals surface area contributed by atoms with Crippen LogP contribution >= 0.6 is 11.8 Å². The van der Waals surface area contributed by atoms with Crippen LogP contribution in [0.15, 0.2) is 4.99 Å². The van der Waals surface area contributed by atoms with Gasteiger partial charge in [0.2, 0.25) is 0 Å². The van der Waals surface area contributed by atoms with Crippen molar-refractivity contribution in [2.24, 2.45) is 4.99 Å². The quantitative estimate of drug-likeness (QED) is 0.722. The summed E-state index contributed by atoms with van der Waals surface area (Å²) < 4.78 is 26.4. The third-order valence-corrected chi connectivity index (χ3v) is 10.8. The SMILES string of the molecule is CCN(C(=O)O)C1=N[C@H]2[C@H](O[C@H](CO[Si](C)(C)C(C)(C)C)C(=O)[C@@H]2F)S1. The molecule has 0 radical (unpaired) electrons. The summed E-state index contributed by atoms with van der Waals surface area (Å²) in [5.41, 5.74) is -0.723. The van der Waals surface area contributed by atoms with Crippen LogP contribution in [0.3, 0.4) is 0 Å². The van der Waals surface area contributed by atoms with Crippen LogP contribution in [-0.2, 0) is 14.0 Å². The number of fused-ring (bicyclic) bond motifs is 1. The van der Waals surface area contributed by atoms with Gasteiger partial charge in [-0.1, -0.05) is 32.5 Å². The first kappa shape index (κ1) is 21.3. The van der Waals surface area contributed by atoms with Gasteiger partial charge >= 0.3 is 6.09 Å². The van der Waals surface area contributed by atoms with E-state index in [1.807, 2.05) is 13.1 Å². The highest BCUT2D eigenvalue weighted by molar-refractivity contribution is 8.14. The number of halogens is 1. The van der Waals surface area contributed by atoms with Crippen molar-refractivity contribution in [1.82, 2.24) is 4.90 Å². The van der Waals surface area contributed by atoms with Crippen LogP contribution in [-0.4, -0.2) is 72.3 Å². The molecule has 0 aliphatic carbocycles. The van der Waals surface area contributed by atoms with E-state index in [0.717, 1.165) is 16.7 Å². The number of alkyl halides is 1. The lowest BCUT2D eigenvalue weighted by Crippen LogP contribution is -2.53. The predicted molar refractivity (Wildman–Crippen MR) is 101 cm³/mol. The largest absolute Gasteiger partial charge is 0.465 e. The van der Waals surface area contributed by atoms with Gasteiger partial charge < -0.3 is 14.3 Å². The van der Waals surface area contributed by atoms with E-state index < -0.39 is 43.9 Å². The van der Waals surface area contributed by atoms with Gasteiger partial charge in [-0.25, -0.2) is 9.18 Å². The number of carbonyl (C=O) groups excluding carboxylic acids is 1. The lowest BCUT2D eigenvalue weighted by Gasteiger charge is -2.38. The van der Waals surface area contributed by atoms with Gasteiger partial charge in [0, 0.05) is 6.54 Å². The number of rotatable bonds is 4. The number of carbonyl (C=O) groups is 2. The maximum Gasteiger partial charge on any atom is 0.413 e. The Hall–Kier alpha value is -0.973. The van der Waals surface area contributed by atoms with E-state index in [9.17, 15) is 19.1 Å². The minimum Gasteiger partial charge on any atom is -0.465 e. The molecule has 10 heteroatoms. The number of thioether (sulfide) groups is 1. The van der Waals surface area contributed by atoms with Crippen molar-refractivity contribution in [1.29, 1.82) is 0 Å². The molecule has 0 aromatic carbocycles. The van der Waals surface area contributed by atoms with Crippen LogP contribution < -0.4 is 0 Å². The molecule has 148 valence electrons. The first-order chi connectivity index (χ1) is 11.9. The van der Waals surface area contributed by atoms with E-state index in [-0.39, 0.29) is 23.4 Å². The van der Waals surface area contributed by atoms with Crippen LogP contribution in [0.1, 0.15) is 27.7 Å². The summed E-state index contributed by atoms with van der Waals surface area (Å²) in [6, 6.07) is -1.01. The second-order valence-corrected chi connectivity index (χ2v) is 13.8. The molecule has 2 rings (SSSR count). The molecule has 1 fully saturated rings. The van der Waals surface area contributed by atoms with Gasteiger partial charge in [-0.05, 0) is 25.1 Å². The topological polar surface area (TPSA) is 88.4 Å². The van der Waals surface area contributed by atoms with Crippen LogP contribution in [0, 0.1) is 0 Å². The number of Topliss-reactive ketones (excluding diaryl/α,β-unsaturated/α-hetero) is 1. The lowest BCUT2D eigenvalue weighted by atomic mass is 10.0. The Labute approximate surface area is 158 Å². The molecule has 0 saturated carbocycles. The number of hydrogen-bond donors (Lipinski definition) is 1. The van der Waals surface area contributed by atoms with Crippen molar-refractivity contribution >= 4 is 37.1 Å². The molecule has 1 saturated heterocycles. The minimum absolute atomic E-state index is 0.00524. The number of aliphatic imine (C=N–C) groups is 1. The molecule has 1 N–H and O–H groups in total. The Bertz CT molecular complexity index is 610. The zero-order valence-electron chi connectivity index (χ0n) is 16.0. The van der Waals surface area contributed by atoms with Crippen molar-refractivity contribution in [3.63, 3.8) is 0 Å². The van der Waals surface area contributed by atoms with Crippen LogP contribution in [0.2, 0.25) is 18.1 Å². The molecule has 2 aliphatic rings. The lowest BCUT2D eigenvalue weighted by molar-refractivity contribution is -0.149. The number of ether oxygens (including phenoxy) is 1. The summed E-state index contributed by atoms with van der Waals surface area (Å²) in [6.07, 6.45) is -3.99. The summed E-state index contributed by atoms with van der Waals surface area (Å²) >= 11 is 1.04. The van der Waals surface area contributed by atoms with Gasteiger partial charge in [-0.3, -0.25) is 14.7 Å². The molecule has 0 spiro atoms. The monoisotopic (exact) mass is 406 g/mol. The van der Waals surface area contributed by atoms with Gasteiger partial charge in [0.15, 0.2) is 25.4 Å². The van der Waals surface area contributed by atoms with E-state index in [0.29, 0.717) is 0 Å². The number of nitrogens with zero attached hydrogens (tertiary/aromatic N) is 2. The number of amides is 1. The Balaban J connectivity index is 2.08. The predicted octanol–water partition coefficient (Wildman–Crippen LogP) is 3.11. The van der Waals surface area contributed by atoms with Crippen LogP contribution in [0.4, 0.5) is 9.18 Å². The van der Waals surface area contributed by atoms with Crippen molar-refractivity contribution in [3.8, 4) is 0 Å². The molecule has 0 aromatic heterocycles. The fourth-order valence-corrected chi connectivity index (χ4v) is 4.64. The first-order valence-corrected chi connectivity index (χ1v) is 12.4. The van der Waals surface area contributed by atoms with E-state index in [2.05, 4.69) is 25.8 Å². The number of ketones is 1. The zero-order chi connectivity index (χ0) is 19.9. The number of hydrogen-bond acceptors (Lipinski definition) is 6. The average molecular weight is 407 g/mol. The fourth-order valence-electron chi connectivity index (χ4n) is 2.39. The zero-order valence-corrected chi connectivity index (χ0v) is 17.8. The molecule has 2 heterocycles. The molecular formula is C16H27FN2O5SSi. The van der Waals surface area contributed by atoms with Gasteiger partial charge in [-0.2, -0.15) is 0 Å². The maximum atomic E-state index is 14.6. The Morgan fingerprint density at radius 2 is 2.08 bits per heavy atom. The van der Waals surface area contributed by atoms with Crippen molar-refractivity contribution in [2.45, 2.75) is 69.6 Å². The highest BCUT2D eigenvalue weighted by Gasteiger charge is 2.51. The molecule has 1 amide bonds. The Morgan fingerprint density at radius 1 is 1.46 bits per heavy atom. The maximum absolute atomic E-state index is 14.6. The normalized spacial score (nSPS) is 29.3.